The third-order valence-electron chi connectivity index (χ3n) is 3.82. The summed E-state index contributed by atoms with van der Waals surface area (Å²) < 4.78 is 34.1. The van der Waals surface area contributed by atoms with Gasteiger partial charge in [-0.05, 0) is 48.0 Å². The Balaban J connectivity index is 1.68. The van der Waals surface area contributed by atoms with Gasteiger partial charge in [-0.1, -0.05) is 6.07 Å². The maximum atomic E-state index is 13.0. The van der Waals surface area contributed by atoms with Crippen molar-refractivity contribution in [2.24, 2.45) is 0 Å². The summed E-state index contributed by atoms with van der Waals surface area (Å²) in [6.45, 7) is 0.165. The number of ether oxygens (including phenoxy) is 3. The maximum Gasteiger partial charge on any atom is 0.330 e. The molecule has 3 rings (SSSR count). The van der Waals surface area contributed by atoms with Crippen LogP contribution >= 0.6 is 0 Å². The lowest BCUT2D eigenvalue weighted by atomic mass is 10.2. The molecule has 6 nitrogen and oxygen atoms in total. The van der Waals surface area contributed by atoms with Crippen molar-refractivity contribution in [1.29, 1.82) is 0 Å². The number of hydrogen-bond acceptors (Lipinski definition) is 6. The first-order valence-corrected chi connectivity index (χ1v) is 8.36. The van der Waals surface area contributed by atoms with E-state index in [1.165, 1.54) is 38.7 Å². The summed E-state index contributed by atoms with van der Waals surface area (Å²) in [6, 6.07) is 11.1. The molecule has 144 valence electrons. The molecule has 0 aliphatic carbocycles. The molecule has 3 aromatic rings. The zero-order chi connectivity index (χ0) is 19.9. The number of carbonyl (C=O) groups is 1. The summed E-state index contributed by atoms with van der Waals surface area (Å²) in [6.07, 6.45) is 4.42. The van der Waals surface area contributed by atoms with Gasteiger partial charge in [0, 0.05) is 11.6 Å². The zero-order valence-electron chi connectivity index (χ0n) is 15.3. The fraction of sp³-hybridized carbons (Fsp3) is 0.143. The molecule has 7 heteroatoms. The van der Waals surface area contributed by atoms with E-state index in [0.717, 1.165) is 5.56 Å². The quantitative estimate of drug-likeness (QED) is 0.449. The van der Waals surface area contributed by atoms with Crippen LogP contribution in [0.2, 0.25) is 0 Å². The summed E-state index contributed by atoms with van der Waals surface area (Å²) in [5, 5.41) is 0. The van der Waals surface area contributed by atoms with Crippen LogP contribution in [0.15, 0.2) is 59.2 Å². The number of rotatable bonds is 7. The van der Waals surface area contributed by atoms with Crippen LogP contribution < -0.4 is 9.47 Å². The molecule has 0 bridgehead atoms. The van der Waals surface area contributed by atoms with E-state index < -0.39 is 5.97 Å². The maximum absolute atomic E-state index is 13.0. The number of nitrogens with zero attached hydrogens (tertiary/aromatic N) is 1. The van der Waals surface area contributed by atoms with E-state index in [2.05, 4.69) is 9.72 Å². The summed E-state index contributed by atoms with van der Waals surface area (Å²) in [7, 11) is 2.84. The molecular formula is C21H18FNO5. The average Bonchev–Trinajstić information content (AvgIpc) is 3.20. The van der Waals surface area contributed by atoms with Crippen molar-refractivity contribution in [1.82, 2.24) is 4.98 Å². The van der Waals surface area contributed by atoms with Gasteiger partial charge in [-0.2, -0.15) is 0 Å². The number of hydrogen-bond donors (Lipinski definition) is 0. The first-order chi connectivity index (χ1) is 13.6. The van der Waals surface area contributed by atoms with Crippen LogP contribution in [0, 0.1) is 5.82 Å². The number of carbonyl (C=O) groups excluding carboxylic acids is 1. The van der Waals surface area contributed by atoms with Gasteiger partial charge in [0.05, 0.1) is 14.2 Å². The molecule has 0 N–H and O–H groups in total. The molecule has 1 heterocycles. The zero-order valence-corrected chi connectivity index (χ0v) is 15.3. The molecule has 0 saturated heterocycles. The Morgan fingerprint density at radius 3 is 2.64 bits per heavy atom. The standard InChI is InChI=1S/C21H18FNO5/c1-25-19-11-14(4-10-20(24)26-2)3-9-18(19)27-12-17-13-28-21(23-17)15-5-7-16(22)8-6-15/h3-11,13H,12H2,1-2H3/b10-4+. The Labute approximate surface area is 161 Å². The first kappa shape index (κ1) is 19.2. The topological polar surface area (TPSA) is 70.8 Å². The Hall–Kier alpha value is -3.61. The highest BCUT2D eigenvalue weighted by Gasteiger charge is 2.10. The van der Waals surface area contributed by atoms with E-state index in [1.54, 1.807) is 36.4 Å². The van der Waals surface area contributed by atoms with Crippen LogP contribution in [0.1, 0.15) is 11.3 Å². The molecule has 0 fully saturated rings. The van der Waals surface area contributed by atoms with Crippen LogP contribution in [-0.2, 0) is 16.1 Å². The van der Waals surface area contributed by atoms with Crippen LogP contribution in [-0.4, -0.2) is 25.2 Å². The van der Waals surface area contributed by atoms with Gasteiger partial charge in [-0.3, -0.25) is 0 Å². The Morgan fingerprint density at radius 2 is 1.93 bits per heavy atom. The highest BCUT2D eigenvalue weighted by atomic mass is 19.1. The predicted octanol–water partition coefficient (Wildman–Crippen LogP) is 4.25. The molecule has 0 aliphatic heterocycles. The average molecular weight is 383 g/mol. The van der Waals surface area contributed by atoms with Gasteiger partial charge in [-0.15, -0.1) is 0 Å². The van der Waals surface area contributed by atoms with E-state index in [1.807, 2.05) is 0 Å². The van der Waals surface area contributed by atoms with Gasteiger partial charge in [-0.25, -0.2) is 14.2 Å². The third kappa shape index (κ3) is 4.76. The summed E-state index contributed by atoms with van der Waals surface area (Å²) in [5.41, 5.74) is 2.01. The molecule has 0 spiro atoms. The van der Waals surface area contributed by atoms with Gasteiger partial charge in [0.25, 0.3) is 0 Å². The number of methoxy groups -OCH3 is 2. The fourth-order valence-corrected chi connectivity index (χ4v) is 2.39. The summed E-state index contributed by atoms with van der Waals surface area (Å²) in [4.78, 5) is 15.5. The van der Waals surface area contributed by atoms with E-state index in [9.17, 15) is 9.18 Å². The molecule has 0 radical (unpaired) electrons. The minimum absolute atomic E-state index is 0.165. The lowest BCUT2D eigenvalue weighted by Gasteiger charge is -2.10. The number of oxazole rings is 1. The van der Waals surface area contributed by atoms with Gasteiger partial charge < -0.3 is 18.6 Å². The van der Waals surface area contributed by atoms with Crippen LogP contribution in [0.25, 0.3) is 17.5 Å². The minimum Gasteiger partial charge on any atom is -0.493 e. The number of esters is 1. The Kier molecular flexibility index (Phi) is 6.06. The lowest BCUT2D eigenvalue weighted by Crippen LogP contribution is -1.98. The van der Waals surface area contributed by atoms with Gasteiger partial charge in [0.1, 0.15) is 24.4 Å². The molecule has 28 heavy (non-hydrogen) atoms. The summed E-state index contributed by atoms with van der Waals surface area (Å²) in [5.74, 6) is 0.644. The molecule has 2 aromatic carbocycles. The van der Waals surface area contributed by atoms with Crippen LogP contribution in [0.4, 0.5) is 4.39 Å². The molecule has 0 aliphatic rings. The van der Waals surface area contributed by atoms with Crippen molar-refractivity contribution in [3.05, 3.63) is 71.9 Å². The van der Waals surface area contributed by atoms with Crippen molar-refractivity contribution in [2.75, 3.05) is 14.2 Å². The smallest absolute Gasteiger partial charge is 0.330 e. The SMILES string of the molecule is COC(=O)/C=C/c1ccc(OCc2coc(-c3ccc(F)cc3)n2)c(OC)c1. The van der Waals surface area contributed by atoms with Crippen molar-refractivity contribution in [2.45, 2.75) is 6.61 Å². The second-order valence-electron chi connectivity index (χ2n) is 5.71. The second kappa shape index (κ2) is 8.85. The highest BCUT2D eigenvalue weighted by molar-refractivity contribution is 5.87. The highest BCUT2D eigenvalue weighted by Crippen LogP contribution is 2.29. The van der Waals surface area contributed by atoms with Crippen molar-refractivity contribution in [3.63, 3.8) is 0 Å². The van der Waals surface area contributed by atoms with Gasteiger partial charge in [0.15, 0.2) is 11.5 Å². The second-order valence-corrected chi connectivity index (χ2v) is 5.71. The van der Waals surface area contributed by atoms with E-state index in [4.69, 9.17) is 13.9 Å². The molecule has 0 unspecified atom stereocenters. The predicted molar refractivity (Wildman–Crippen MR) is 100 cm³/mol. The van der Waals surface area contributed by atoms with Crippen molar-refractivity contribution in [3.8, 4) is 23.0 Å². The number of aromatic nitrogens is 1. The molecule has 0 amide bonds. The van der Waals surface area contributed by atoms with Crippen LogP contribution in [0.3, 0.4) is 0 Å². The number of benzene rings is 2. The minimum atomic E-state index is -0.442. The fourth-order valence-electron chi connectivity index (χ4n) is 2.39. The Morgan fingerprint density at radius 1 is 1.14 bits per heavy atom. The van der Waals surface area contributed by atoms with Crippen LogP contribution in [0.5, 0.6) is 11.5 Å². The van der Waals surface area contributed by atoms with E-state index >= 15 is 0 Å². The molecule has 0 atom stereocenters. The first-order valence-electron chi connectivity index (χ1n) is 8.36. The molecular weight excluding hydrogens is 365 g/mol. The van der Waals surface area contributed by atoms with E-state index in [0.29, 0.717) is 28.6 Å². The summed E-state index contributed by atoms with van der Waals surface area (Å²) >= 11 is 0. The number of halogens is 1. The molecule has 0 saturated carbocycles. The van der Waals surface area contributed by atoms with Crippen molar-refractivity contribution < 1.29 is 27.8 Å². The van der Waals surface area contributed by atoms with Crippen molar-refractivity contribution >= 4 is 12.0 Å². The largest absolute Gasteiger partial charge is 0.493 e. The normalized spacial score (nSPS) is 10.8. The molecule has 1 aromatic heterocycles. The lowest BCUT2D eigenvalue weighted by molar-refractivity contribution is -0.134. The van der Waals surface area contributed by atoms with E-state index in [-0.39, 0.29) is 12.4 Å². The van der Waals surface area contributed by atoms with Gasteiger partial charge in [0.2, 0.25) is 5.89 Å². The monoisotopic (exact) mass is 383 g/mol. The Bertz CT molecular complexity index is 979. The van der Waals surface area contributed by atoms with Gasteiger partial charge >= 0.3 is 5.97 Å². The third-order valence-corrected chi connectivity index (χ3v) is 3.82.